The minimum atomic E-state index is -0.00315. The highest BCUT2D eigenvalue weighted by Gasteiger charge is 2.32. The molecule has 2 aliphatic rings. The molecule has 2 unspecified atom stereocenters. The van der Waals surface area contributed by atoms with Crippen LogP contribution in [0.3, 0.4) is 0 Å². The lowest BCUT2D eigenvalue weighted by atomic mass is 9.97. The summed E-state index contributed by atoms with van der Waals surface area (Å²) in [4.78, 5) is 19.0. The summed E-state index contributed by atoms with van der Waals surface area (Å²) >= 11 is 0. The van der Waals surface area contributed by atoms with Crippen LogP contribution in [0.1, 0.15) is 36.0 Å². The zero-order chi connectivity index (χ0) is 13.9. The van der Waals surface area contributed by atoms with Crippen LogP contribution in [0.25, 0.3) is 0 Å². The van der Waals surface area contributed by atoms with Crippen molar-refractivity contribution >= 4 is 11.7 Å². The molecule has 0 radical (unpaired) electrons. The average Bonchev–Trinajstić information content (AvgIpc) is 2.95. The van der Waals surface area contributed by atoms with E-state index >= 15 is 0 Å². The Bertz CT molecular complexity index is 473. The molecule has 5 nitrogen and oxygen atoms in total. The molecule has 20 heavy (non-hydrogen) atoms. The van der Waals surface area contributed by atoms with Gasteiger partial charge >= 0.3 is 0 Å². The maximum Gasteiger partial charge on any atom is 0.253 e. The molecule has 2 aliphatic heterocycles. The van der Waals surface area contributed by atoms with Gasteiger partial charge in [0.1, 0.15) is 5.82 Å². The van der Waals surface area contributed by atoms with Crippen molar-refractivity contribution in [3.63, 3.8) is 0 Å². The van der Waals surface area contributed by atoms with E-state index < -0.39 is 0 Å². The number of amides is 1. The number of rotatable bonds is 3. The quantitative estimate of drug-likeness (QED) is 0.876. The second-order valence-electron chi connectivity index (χ2n) is 5.71. The van der Waals surface area contributed by atoms with Crippen LogP contribution in [0.15, 0.2) is 18.3 Å². The van der Waals surface area contributed by atoms with Gasteiger partial charge in [0.15, 0.2) is 0 Å². The predicted octanol–water partition coefficient (Wildman–Crippen LogP) is 1.48. The summed E-state index contributed by atoms with van der Waals surface area (Å²) in [6.07, 6.45) is 6.37. The van der Waals surface area contributed by atoms with Crippen molar-refractivity contribution in [1.29, 1.82) is 0 Å². The van der Waals surface area contributed by atoms with Crippen molar-refractivity contribution in [3.05, 3.63) is 23.9 Å². The molecule has 1 aromatic rings. The molecule has 3 rings (SSSR count). The largest absolute Gasteiger partial charge is 0.373 e. The van der Waals surface area contributed by atoms with Crippen molar-refractivity contribution in [2.24, 2.45) is 0 Å². The van der Waals surface area contributed by atoms with Crippen molar-refractivity contribution in [2.75, 3.05) is 25.5 Å². The van der Waals surface area contributed by atoms with Crippen molar-refractivity contribution < 1.29 is 4.79 Å². The number of aromatic nitrogens is 1. The maximum atomic E-state index is 12.2. The highest BCUT2D eigenvalue weighted by atomic mass is 16.1. The van der Waals surface area contributed by atoms with Gasteiger partial charge in [-0.05, 0) is 44.4 Å². The summed E-state index contributed by atoms with van der Waals surface area (Å²) in [7, 11) is 1.82. The molecular weight excluding hydrogens is 252 g/mol. The van der Waals surface area contributed by atoms with Gasteiger partial charge in [-0.15, -0.1) is 0 Å². The van der Waals surface area contributed by atoms with Crippen LogP contribution in [0, 0.1) is 0 Å². The monoisotopic (exact) mass is 274 g/mol. The molecule has 2 atom stereocenters. The molecule has 2 fully saturated rings. The number of hydrogen-bond acceptors (Lipinski definition) is 4. The first-order valence-corrected chi connectivity index (χ1v) is 7.45. The number of nitrogens with zero attached hydrogens (tertiary/aromatic N) is 2. The molecule has 2 saturated heterocycles. The number of hydrogen-bond donors (Lipinski definition) is 2. The van der Waals surface area contributed by atoms with Gasteiger partial charge in [0.05, 0.1) is 5.56 Å². The second-order valence-corrected chi connectivity index (χ2v) is 5.71. The first-order valence-electron chi connectivity index (χ1n) is 7.45. The lowest BCUT2D eigenvalue weighted by molar-refractivity contribution is 0.0896. The second kappa shape index (κ2) is 5.79. The van der Waals surface area contributed by atoms with Gasteiger partial charge in [-0.3, -0.25) is 4.79 Å². The number of pyridine rings is 1. The summed E-state index contributed by atoms with van der Waals surface area (Å²) in [6, 6.07) is 4.64. The lowest BCUT2D eigenvalue weighted by Crippen LogP contribution is -2.47. The molecule has 0 saturated carbocycles. The summed E-state index contributed by atoms with van der Waals surface area (Å²) < 4.78 is 0. The molecule has 0 aliphatic carbocycles. The molecule has 2 N–H and O–H groups in total. The van der Waals surface area contributed by atoms with Crippen LogP contribution in [0.5, 0.6) is 0 Å². The van der Waals surface area contributed by atoms with Gasteiger partial charge in [-0.25, -0.2) is 4.98 Å². The van der Waals surface area contributed by atoms with Crippen LogP contribution in [-0.4, -0.2) is 48.0 Å². The lowest BCUT2D eigenvalue weighted by Gasteiger charge is -2.35. The Labute approximate surface area is 119 Å². The van der Waals surface area contributed by atoms with E-state index in [4.69, 9.17) is 0 Å². The summed E-state index contributed by atoms with van der Waals surface area (Å²) in [6.45, 7) is 2.35. The average molecular weight is 274 g/mol. The number of fused-ring (bicyclic) bond motifs is 1. The Kier molecular flexibility index (Phi) is 3.87. The maximum absolute atomic E-state index is 12.2. The zero-order valence-corrected chi connectivity index (χ0v) is 11.9. The fourth-order valence-electron chi connectivity index (χ4n) is 3.30. The molecule has 1 amide bonds. The molecule has 5 heteroatoms. The minimum Gasteiger partial charge on any atom is -0.373 e. The number of carbonyl (C=O) groups excluding carboxylic acids is 1. The third kappa shape index (κ3) is 2.77. The molecular formula is C15H22N4O. The minimum absolute atomic E-state index is 0.00315. The summed E-state index contributed by atoms with van der Waals surface area (Å²) in [5, 5.41) is 6.11. The van der Waals surface area contributed by atoms with Crippen LogP contribution in [0.2, 0.25) is 0 Å². The highest BCUT2D eigenvalue weighted by molar-refractivity contribution is 5.94. The van der Waals surface area contributed by atoms with Crippen LogP contribution >= 0.6 is 0 Å². The number of nitrogens with one attached hydrogen (secondary N) is 2. The number of piperidine rings is 1. The van der Waals surface area contributed by atoms with Crippen LogP contribution in [0.4, 0.5) is 5.82 Å². The van der Waals surface area contributed by atoms with E-state index in [1.54, 1.807) is 6.20 Å². The third-order valence-corrected chi connectivity index (χ3v) is 4.44. The number of carbonyl (C=O) groups is 1. The van der Waals surface area contributed by atoms with Gasteiger partial charge in [-0.2, -0.15) is 0 Å². The van der Waals surface area contributed by atoms with E-state index in [2.05, 4.69) is 20.5 Å². The van der Waals surface area contributed by atoms with Crippen molar-refractivity contribution in [3.8, 4) is 0 Å². The molecule has 0 aromatic carbocycles. The van der Waals surface area contributed by atoms with Gasteiger partial charge < -0.3 is 15.5 Å². The summed E-state index contributed by atoms with van der Waals surface area (Å²) in [5.74, 6) is 0.775. The topological polar surface area (TPSA) is 57.3 Å². The molecule has 1 aromatic heterocycles. The Morgan fingerprint density at radius 1 is 1.35 bits per heavy atom. The van der Waals surface area contributed by atoms with E-state index in [1.807, 2.05) is 19.2 Å². The van der Waals surface area contributed by atoms with E-state index in [1.165, 1.54) is 19.4 Å². The van der Waals surface area contributed by atoms with Gasteiger partial charge in [-0.1, -0.05) is 0 Å². The molecule has 0 spiro atoms. The smallest absolute Gasteiger partial charge is 0.253 e. The SMILES string of the molecule is CNc1ccc(C(=O)NC2CCN3CCCC3C2)cn1. The molecule has 3 heterocycles. The normalized spacial score (nSPS) is 26.1. The Balaban J connectivity index is 1.58. The first-order chi connectivity index (χ1) is 9.76. The molecule has 108 valence electrons. The Morgan fingerprint density at radius 2 is 2.25 bits per heavy atom. The molecule has 0 bridgehead atoms. The van der Waals surface area contributed by atoms with E-state index in [0.717, 1.165) is 25.2 Å². The fraction of sp³-hybridized carbons (Fsp3) is 0.600. The fourth-order valence-corrected chi connectivity index (χ4v) is 3.30. The van der Waals surface area contributed by atoms with Crippen molar-refractivity contribution in [2.45, 2.75) is 37.8 Å². The van der Waals surface area contributed by atoms with Crippen molar-refractivity contribution in [1.82, 2.24) is 15.2 Å². The third-order valence-electron chi connectivity index (χ3n) is 4.44. The summed E-state index contributed by atoms with van der Waals surface area (Å²) in [5.41, 5.74) is 0.637. The number of anilines is 1. The van der Waals surface area contributed by atoms with Crippen LogP contribution in [-0.2, 0) is 0 Å². The Morgan fingerprint density at radius 3 is 3.00 bits per heavy atom. The van der Waals surface area contributed by atoms with Crippen LogP contribution < -0.4 is 10.6 Å². The van der Waals surface area contributed by atoms with E-state index in [9.17, 15) is 4.79 Å². The standard InChI is InChI=1S/C15H22N4O/c1-16-14-5-4-11(10-17-14)15(20)18-12-6-8-19-7-2-3-13(19)9-12/h4-5,10,12-13H,2-3,6-9H2,1H3,(H,16,17)(H,18,20). The zero-order valence-electron chi connectivity index (χ0n) is 11.9. The van der Waals surface area contributed by atoms with Gasteiger partial charge in [0, 0.05) is 31.9 Å². The highest BCUT2D eigenvalue weighted by Crippen LogP contribution is 2.26. The van der Waals surface area contributed by atoms with E-state index in [0.29, 0.717) is 17.6 Å². The Hall–Kier alpha value is -1.62. The van der Waals surface area contributed by atoms with Gasteiger partial charge in [0.25, 0.3) is 5.91 Å². The van der Waals surface area contributed by atoms with E-state index in [-0.39, 0.29) is 5.91 Å². The predicted molar refractivity (Wildman–Crippen MR) is 78.9 cm³/mol. The van der Waals surface area contributed by atoms with Gasteiger partial charge in [0.2, 0.25) is 0 Å². The first kappa shape index (κ1) is 13.4.